The fraction of sp³-hybridized carbons (Fsp3) is 0.476. The Labute approximate surface area is 160 Å². The summed E-state index contributed by atoms with van der Waals surface area (Å²) in [7, 11) is 0. The molecule has 0 radical (unpaired) electrons. The van der Waals surface area contributed by atoms with Gasteiger partial charge in [-0.2, -0.15) is 11.3 Å². The molecule has 1 aromatic heterocycles. The van der Waals surface area contributed by atoms with Crippen molar-refractivity contribution < 1.29 is 9.53 Å². The smallest absolute Gasteiger partial charge is 0.258 e. The standard InChI is InChI=1S/C21H28N2O2S/c1-16(2)17-5-7-19(8-6-17)25-14-21(24)22-13-20(18-9-12-26-15-18)23-10-3-4-11-23/h5-9,12,15-16,20H,3-4,10-11,13-14H2,1-2H3,(H,22,24). The Morgan fingerprint density at radius 3 is 2.50 bits per heavy atom. The minimum Gasteiger partial charge on any atom is -0.484 e. The lowest BCUT2D eigenvalue weighted by molar-refractivity contribution is -0.123. The third kappa shape index (κ3) is 5.08. The van der Waals surface area contributed by atoms with Crippen LogP contribution in [0.2, 0.25) is 0 Å². The summed E-state index contributed by atoms with van der Waals surface area (Å²) in [4.78, 5) is 14.7. The minimum atomic E-state index is -0.0719. The molecule has 0 saturated carbocycles. The van der Waals surface area contributed by atoms with Crippen molar-refractivity contribution in [1.82, 2.24) is 10.2 Å². The number of benzene rings is 1. The van der Waals surface area contributed by atoms with Gasteiger partial charge >= 0.3 is 0 Å². The molecule has 1 aliphatic rings. The van der Waals surface area contributed by atoms with E-state index in [9.17, 15) is 4.79 Å². The normalized spacial score (nSPS) is 16.0. The van der Waals surface area contributed by atoms with Crippen molar-refractivity contribution in [2.24, 2.45) is 0 Å². The maximum Gasteiger partial charge on any atom is 0.258 e. The Hall–Kier alpha value is -1.85. The number of thiophene rings is 1. The summed E-state index contributed by atoms with van der Waals surface area (Å²) in [5, 5.41) is 7.33. The van der Waals surface area contributed by atoms with Crippen LogP contribution in [0.5, 0.6) is 5.75 Å². The number of ether oxygens (including phenoxy) is 1. The molecule has 1 fully saturated rings. The predicted molar refractivity (Wildman–Crippen MR) is 107 cm³/mol. The lowest BCUT2D eigenvalue weighted by Crippen LogP contribution is -2.38. The van der Waals surface area contributed by atoms with Crippen molar-refractivity contribution in [2.75, 3.05) is 26.2 Å². The Kier molecular flexibility index (Phi) is 6.69. The second-order valence-corrected chi connectivity index (χ2v) is 7.91. The van der Waals surface area contributed by atoms with Crippen molar-refractivity contribution >= 4 is 17.2 Å². The van der Waals surface area contributed by atoms with Gasteiger partial charge in [0.05, 0.1) is 6.04 Å². The number of nitrogens with zero attached hydrogens (tertiary/aromatic N) is 1. The Balaban J connectivity index is 1.49. The monoisotopic (exact) mass is 372 g/mol. The third-order valence-corrected chi connectivity index (χ3v) is 5.62. The van der Waals surface area contributed by atoms with Gasteiger partial charge in [0.1, 0.15) is 5.75 Å². The molecular formula is C21H28N2O2S. The zero-order valence-corrected chi connectivity index (χ0v) is 16.4. The zero-order chi connectivity index (χ0) is 18.4. The molecule has 2 aromatic rings. The molecule has 3 rings (SSSR count). The first kappa shape index (κ1) is 18.9. The average molecular weight is 373 g/mol. The highest BCUT2D eigenvalue weighted by Crippen LogP contribution is 2.26. The molecular weight excluding hydrogens is 344 g/mol. The number of nitrogens with one attached hydrogen (secondary N) is 1. The SMILES string of the molecule is CC(C)c1ccc(OCC(=O)NCC(c2ccsc2)N2CCCC2)cc1. The fourth-order valence-corrected chi connectivity index (χ4v) is 4.04. The number of carbonyl (C=O) groups excluding carboxylic acids is 1. The highest BCUT2D eigenvalue weighted by Gasteiger charge is 2.24. The summed E-state index contributed by atoms with van der Waals surface area (Å²) in [6.07, 6.45) is 2.48. The molecule has 1 unspecified atom stereocenters. The Bertz CT molecular complexity index is 677. The molecule has 0 bridgehead atoms. The molecule has 1 saturated heterocycles. The number of rotatable bonds is 8. The third-order valence-electron chi connectivity index (χ3n) is 4.92. The first-order chi connectivity index (χ1) is 12.6. The van der Waals surface area contributed by atoms with Crippen molar-refractivity contribution in [3.8, 4) is 5.75 Å². The van der Waals surface area contributed by atoms with E-state index in [0.717, 1.165) is 18.8 Å². The first-order valence-electron chi connectivity index (χ1n) is 9.39. The first-order valence-corrected chi connectivity index (χ1v) is 10.3. The Morgan fingerprint density at radius 2 is 1.88 bits per heavy atom. The van der Waals surface area contributed by atoms with E-state index < -0.39 is 0 Å². The van der Waals surface area contributed by atoms with E-state index >= 15 is 0 Å². The van der Waals surface area contributed by atoms with E-state index in [1.807, 2.05) is 12.1 Å². The largest absolute Gasteiger partial charge is 0.484 e. The molecule has 1 N–H and O–H groups in total. The maximum absolute atomic E-state index is 12.2. The van der Waals surface area contributed by atoms with Crippen LogP contribution in [0.3, 0.4) is 0 Å². The molecule has 4 nitrogen and oxygen atoms in total. The van der Waals surface area contributed by atoms with Crippen LogP contribution in [0.25, 0.3) is 0 Å². The second kappa shape index (κ2) is 9.19. The Morgan fingerprint density at radius 1 is 1.15 bits per heavy atom. The number of hydrogen-bond acceptors (Lipinski definition) is 4. The summed E-state index contributed by atoms with van der Waals surface area (Å²) in [6.45, 7) is 7.22. The maximum atomic E-state index is 12.2. The molecule has 5 heteroatoms. The van der Waals surface area contributed by atoms with E-state index in [1.54, 1.807) is 11.3 Å². The quantitative estimate of drug-likeness (QED) is 0.755. The van der Waals surface area contributed by atoms with Crippen LogP contribution in [-0.4, -0.2) is 37.0 Å². The van der Waals surface area contributed by atoms with E-state index in [0.29, 0.717) is 12.5 Å². The van der Waals surface area contributed by atoms with Gasteiger partial charge in [-0.25, -0.2) is 0 Å². The van der Waals surface area contributed by atoms with Gasteiger partial charge in [0, 0.05) is 6.54 Å². The van der Waals surface area contributed by atoms with Crippen LogP contribution in [0, 0.1) is 0 Å². The predicted octanol–water partition coefficient (Wildman–Crippen LogP) is 4.20. The van der Waals surface area contributed by atoms with Crippen LogP contribution in [0.4, 0.5) is 0 Å². The van der Waals surface area contributed by atoms with Crippen molar-refractivity contribution in [2.45, 2.75) is 38.6 Å². The second-order valence-electron chi connectivity index (χ2n) is 7.13. The van der Waals surface area contributed by atoms with Gasteiger partial charge in [-0.15, -0.1) is 0 Å². The summed E-state index contributed by atoms with van der Waals surface area (Å²) in [5.74, 6) is 1.16. The van der Waals surface area contributed by atoms with Gasteiger partial charge in [-0.1, -0.05) is 26.0 Å². The van der Waals surface area contributed by atoms with Crippen molar-refractivity contribution in [3.63, 3.8) is 0 Å². The molecule has 1 atom stereocenters. The average Bonchev–Trinajstić information content (AvgIpc) is 3.35. The van der Waals surface area contributed by atoms with Crippen LogP contribution in [-0.2, 0) is 4.79 Å². The zero-order valence-electron chi connectivity index (χ0n) is 15.6. The molecule has 1 amide bonds. The number of likely N-dealkylation sites (tertiary alicyclic amines) is 1. The number of carbonyl (C=O) groups is 1. The molecule has 26 heavy (non-hydrogen) atoms. The summed E-state index contributed by atoms with van der Waals surface area (Å²) in [6, 6.07) is 10.4. The lowest BCUT2D eigenvalue weighted by atomic mass is 10.0. The van der Waals surface area contributed by atoms with Crippen LogP contribution in [0.1, 0.15) is 49.8 Å². The van der Waals surface area contributed by atoms with Crippen molar-refractivity contribution in [3.05, 3.63) is 52.2 Å². The van der Waals surface area contributed by atoms with Gasteiger partial charge < -0.3 is 10.1 Å². The van der Waals surface area contributed by atoms with Gasteiger partial charge in [0.25, 0.3) is 5.91 Å². The molecule has 2 heterocycles. The van der Waals surface area contributed by atoms with Crippen LogP contribution in [0.15, 0.2) is 41.1 Å². The molecule has 1 aromatic carbocycles. The van der Waals surface area contributed by atoms with E-state index in [1.165, 1.54) is 24.0 Å². The molecule has 1 aliphatic heterocycles. The summed E-state index contributed by atoms with van der Waals surface area (Å²) in [5.41, 5.74) is 2.56. The van der Waals surface area contributed by atoms with Gasteiger partial charge in [-0.05, 0) is 71.9 Å². The molecule has 0 spiro atoms. The summed E-state index contributed by atoms with van der Waals surface area (Å²) < 4.78 is 5.63. The highest BCUT2D eigenvalue weighted by molar-refractivity contribution is 7.07. The van der Waals surface area contributed by atoms with E-state index in [4.69, 9.17) is 4.74 Å². The summed E-state index contributed by atoms with van der Waals surface area (Å²) >= 11 is 1.71. The van der Waals surface area contributed by atoms with Crippen molar-refractivity contribution in [1.29, 1.82) is 0 Å². The number of amides is 1. The minimum absolute atomic E-state index is 0.0530. The van der Waals surface area contributed by atoms with E-state index in [-0.39, 0.29) is 18.6 Å². The topological polar surface area (TPSA) is 41.6 Å². The fourth-order valence-electron chi connectivity index (χ4n) is 3.34. The molecule has 0 aliphatic carbocycles. The highest BCUT2D eigenvalue weighted by atomic mass is 32.1. The molecule has 140 valence electrons. The van der Waals surface area contributed by atoms with Crippen LogP contribution < -0.4 is 10.1 Å². The lowest BCUT2D eigenvalue weighted by Gasteiger charge is -2.27. The van der Waals surface area contributed by atoms with Gasteiger partial charge in [0.15, 0.2) is 6.61 Å². The van der Waals surface area contributed by atoms with Gasteiger partial charge in [-0.3, -0.25) is 9.69 Å². The number of hydrogen-bond donors (Lipinski definition) is 1. The van der Waals surface area contributed by atoms with Gasteiger partial charge in [0.2, 0.25) is 0 Å². The van der Waals surface area contributed by atoms with E-state index in [2.05, 4.69) is 53.0 Å². The van der Waals surface area contributed by atoms with Crippen LogP contribution >= 0.6 is 11.3 Å².